The lowest BCUT2D eigenvalue weighted by Gasteiger charge is -2.26. The lowest BCUT2D eigenvalue weighted by Crippen LogP contribution is -2.54. The number of carbonyl (C=O) groups excluding carboxylic acids is 4. The highest BCUT2D eigenvalue weighted by Gasteiger charge is 2.36. The van der Waals surface area contributed by atoms with Crippen molar-refractivity contribution in [2.24, 2.45) is 0 Å². The van der Waals surface area contributed by atoms with Crippen LogP contribution in [0.25, 0.3) is 6.08 Å². The molecule has 10 nitrogen and oxygen atoms in total. The second kappa shape index (κ2) is 12.6. The zero-order valence-electron chi connectivity index (χ0n) is 22.4. The van der Waals surface area contributed by atoms with Crippen LogP contribution in [-0.4, -0.2) is 43.6 Å². The number of amides is 5. The van der Waals surface area contributed by atoms with Crippen LogP contribution in [0.15, 0.2) is 72.3 Å². The molecule has 0 atom stereocenters. The molecule has 1 saturated heterocycles. The minimum absolute atomic E-state index is 0.234. The third-order valence-corrected chi connectivity index (χ3v) is 5.78. The number of anilines is 2. The summed E-state index contributed by atoms with van der Waals surface area (Å²) in [6.07, 6.45) is 1.36. The smallest absolute Gasteiger partial charge is 0.335 e. The molecule has 0 unspecified atom stereocenters. The fraction of sp³-hybridized carbons (Fsp3) is 0.200. The van der Waals surface area contributed by atoms with E-state index >= 15 is 0 Å². The molecule has 0 saturated carbocycles. The lowest BCUT2D eigenvalue weighted by molar-refractivity contribution is -0.122. The monoisotopic (exact) mass is 543 g/mol. The van der Waals surface area contributed by atoms with Crippen molar-refractivity contribution in [1.82, 2.24) is 5.32 Å². The standard InChI is InChI=1S/C30H29N3O7/c1-4-38-23-13-11-22(12-14-23)33-29(36)24(28(35)32-30(33)37)16-20-8-15-25(26(17-20)39-5-2)40-18-27(34)31-21-9-6-19(3)7-10-21/h6-17H,4-5,18H2,1-3H3,(H,31,34)(H,32,35,37)/b24-16+. The maximum absolute atomic E-state index is 13.2. The Hall–Kier alpha value is -5.12. The van der Waals surface area contributed by atoms with Crippen molar-refractivity contribution >= 4 is 41.2 Å². The molecule has 206 valence electrons. The molecule has 0 spiro atoms. The quantitative estimate of drug-likeness (QED) is 0.286. The molecule has 1 aliphatic rings. The van der Waals surface area contributed by atoms with Crippen LogP contribution >= 0.6 is 0 Å². The zero-order valence-corrected chi connectivity index (χ0v) is 22.4. The van der Waals surface area contributed by atoms with E-state index < -0.39 is 17.8 Å². The van der Waals surface area contributed by atoms with E-state index in [4.69, 9.17) is 14.2 Å². The van der Waals surface area contributed by atoms with Crippen LogP contribution in [0, 0.1) is 6.92 Å². The third kappa shape index (κ3) is 6.65. The molecule has 1 heterocycles. The lowest BCUT2D eigenvalue weighted by atomic mass is 10.1. The highest BCUT2D eigenvalue weighted by Crippen LogP contribution is 2.30. The summed E-state index contributed by atoms with van der Waals surface area (Å²) in [5.74, 6) is -0.716. The fourth-order valence-corrected chi connectivity index (χ4v) is 3.90. The number of benzene rings is 3. The minimum Gasteiger partial charge on any atom is -0.494 e. The van der Waals surface area contributed by atoms with Gasteiger partial charge in [-0.25, -0.2) is 9.69 Å². The van der Waals surface area contributed by atoms with Crippen LogP contribution in [0.4, 0.5) is 16.2 Å². The second-order valence-electron chi connectivity index (χ2n) is 8.73. The molecule has 0 aliphatic carbocycles. The van der Waals surface area contributed by atoms with Crippen LogP contribution in [-0.2, 0) is 14.4 Å². The Labute approximate surface area is 231 Å². The SMILES string of the molecule is CCOc1ccc(N2C(=O)NC(=O)/C(=C\c3ccc(OCC(=O)Nc4ccc(C)cc4)c(OCC)c3)C2=O)cc1. The van der Waals surface area contributed by atoms with E-state index in [0.29, 0.717) is 41.7 Å². The molecule has 40 heavy (non-hydrogen) atoms. The van der Waals surface area contributed by atoms with Gasteiger partial charge in [0, 0.05) is 5.69 Å². The number of hydrogen-bond acceptors (Lipinski definition) is 7. The summed E-state index contributed by atoms with van der Waals surface area (Å²) in [6, 6.07) is 17.7. The molecule has 1 aliphatic heterocycles. The largest absolute Gasteiger partial charge is 0.494 e. The molecule has 3 aromatic rings. The van der Waals surface area contributed by atoms with Crippen LogP contribution in [0.5, 0.6) is 17.2 Å². The normalized spacial score (nSPS) is 14.1. The van der Waals surface area contributed by atoms with E-state index in [0.717, 1.165) is 10.5 Å². The Morgan fingerprint density at radius 3 is 2.25 bits per heavy atom. The Balaban J connectivity index is 1.51. The summed E-state index contributed by atoms with van der Waals surface area (Å²) in [5.41, 5.74) is 2.24. The number of hydrogen-bond donors (Lipinski definition) is 2. The highest BCUT2D eigenvalue weighted by atomic mass is 16.5. The fourth-order valence-electron chi connectivity index (χ4n) is 3.90. The van der Waals surface area contributed by atoms with Gasteiger partial charge < -0.3 is 19.5 Å². The van der Waals surface area contributed by atoms with Gasteiger partial charge in [0.1, 0.15) is 11.3 Å². The van der Waals surface area contributed by atoms with Crippen molar-refractivity contribution in [2.45, 2.75) is 20.8 Å². The number of nitrogens with one attached hydrogen (secondary N) is 2. The zero-order chi connectivity index (χ0) is 28.6. The molecular formula is C30H29N3O7. The van der Waals surface area contributed by atoms with Crippen LogP contribution < -0.4 is 29.7 Å². The molecule has 0 radical (unpaired) electrons. The number of carbonyl (C=O) groups is 4. The van der Waals surface area contributed by atoms with E-state index in [9.17, 15) is 19.2 Å². The van der Waals surface area contributed by atoms with E-state index in [1.54, 1.807) is 61.5 Å². The van der Waals surface area contributed by atoms with Gasteiger partial charge in [-0.3, -0.25) is 19.7 Å². The van der Waals surface area contributed by atoms with Crippen molar-refractivity contribution in [1.29, 1.82) is 0 Å². The predicted octanol–water partition coefficient (Wildman–Crippen LogP) is 4.48. The van der Waals surface area contributed by atoms with E-state index in [2.05, 4.69) is 10.6 Å². The molecule has 1 fully saturated rings. The van der Waals surface area contributed by atoms with Gasteiger partial charge >= 0.3 is 6.03 Å². The first-order valence-corrected chi connectivity index (χ1v) is 12.7. The first-order valence-electron chi connectivity index (χ1n) is 12.7. The molecule has 5 amide bonds. The van der Waals surface area contributed by atoms with Crippen LogP contribution in [0.3, 0.4) is 0 Å². The molecule has 0 bridgehead atoms. The van der Waals surface area contributed by atoms with Crippen molar-refractivity contribution < 1.29 is 33.4 Å². The van der Waals surface area contributed by atoms with Gasteiger partial charge in [0.05, 0.1) is 18.9 Å². The summed E-state index contributed by atoms with van der Waals surface area (Å²) in [6.45, 7) is 6.12. The van der Waals surface area contributed by atoms with Gasteiger partial charge in [0.15, 0.2) is 18.1 Å². The number of urea groups is 1. The topological polar surface area (TPSA) is 123 Å². The number of imide groups is 2. The minimum atomic E-state index is -0.848. The van der Waals surface area contributed by atoms with Crippen molar-refractivity contribution in [2.75, 3.05) is 30.0 Å². The van der Waals surface area contributed by atoms with Crippen LogP contribution in [0.1, 0.15) is 25.0 Å². The number of rotatable bonds is 10. The molecule has 2 N–H and O–H groups in total. The number of nitrogens with zero attached hydrogens (tertiary/aromatic N) is 1. The van der Waals surface area contributed by atoms with E-state index in [1.165, 1.54) is 6.08 Å². The summed E-state index contributed by atoms with van der Waals surface area (Å²) in [7, 11) is 0. The Morgan fingerprint density at radius 2 is 1.57 bits per heavy atom. The third-order valence-electron chi connectivity index (χ3n) is 5.78. The molecule has 4 rings (SSSR count). The van der Waals surface area contributed by atoms with Crippen LogP contribution in [0.2, 0.25) is 0 Å². The Kier molecular flexibility index (Phi) is 8.80. The van der Waals surface area contributed by atoms with Crippen molar-refractivity contribution in [3.63, 3.8) is 0 Å². The summed E-state index contributed by atoms with van der Waals surface area (Å²) < 4.78 is 16.8. The molecule has 3 aromatic carbocycles. The first kappa shape index (κ1) is 27.9. The summed E-state index contributed by atoms with van der Waals surface area (Å²) >= 11 is 0. The molecular weight excluding hydrogens is 514 g/mol. The number of aryl methyl sites for hydroxylation is 1. The first-order chi connectivity index (χ1) is 19.3. The van der Waals surface area contributed by atoms with Gasteiger partial charge in [-0.15, -0.1) is 0 Å². The van der Waals surface area contributed by atoms with E-state index in [-0.39, 0.29) is 23.8 Å². The van der Waals surface area contributed by atoms with Gasteiger partial charge in [0.25, 0.3) is 17.7 Å². The van der Waals surface area contributed by atoms with E-state index in [1.807, 2.05) is 26.0 Å². The summed E-state index contributed by atoms with van der Waals surface area (Å²) in [5, 5.41) is 4.96. The Morgan fingerprint density at radius 1 is 0.875 bits per heavy atom. The summed E-state index contributed by atoms with van der Waals surface area (Å²) in [4.78, 5) is 51.6. The molecule has 0 aromatic heterocycles. The maximum atomic E-state index is 13.2. The maximum Gasteiger partial charge on any atom is 0.335 e. The van der Waals surface area contributed by atoms with Gasteiger partial charge in [-0.05, 0) is 80.9 Å². The van der Waals surface area contributed by atoms with Crippen molar-refractivity contribution in [3.05, 3.63) is 83.4 Å². The molecule has 10 heteroatoms. The average Bonchev–Trinajstić information content (AvgIpc) is 2.93. The average molecular weight is 544 g/mol. The van der Waals surface area contributed by atoms with Crippen molar-refractivity contribution in [3.8, 4) is 17.2 Å². The second-order valence-corrected chi connectivity index (χ2v) is 8.73. The van der Waals surface area contributed by atoms with Gasteiger partial charge in [0.2, 0.25) is 0 Å². The number of ether oxygens (including phenoxy) is 3. The Bertz CT molecular complexity index is 1450. The van der Waals surface area contributed by atoms with Gasteiger partial charge in [-0.1, -0.05) is 23.8 Å². The highest BCUT2D eigenvalue weighted by molar-refractivity contribution is 6.39. The number of barbiturate groups is 1. The predicted molar refractivity (Wildman–Crippen MR) is 150 cm³/mol. The van der Waals surface area contributed by atoms with Gasteiger partial charge in [-0.2, -0.15) is 0 Å².